The molecule has 0 saturated heterocycles. The molecule has 5 heteroatoms. The number of rotatable bonds is 5. The standard InChI is InChI=1S/C8H23N3O2/c1-9(2)8-12-11(6,7)13-10(3,4)5/h8H2,1-7H3/q+2. The average Bonchev–Trinajstić information content (AvgIpc) is 1.78. The summed E-state index contributed by atoms with van der Waals surface area (Å²) in [5.74, 6) is 0. The average molecular weight is 193 g/mol. The lowest BCUT2D eigenvalue weighted by atomic mass is 10.9. The van der Waals surface area contributed by atoms with Crippen molar-refractivity contribution in [2.45, 2.75) is 0 Å². The van der Waals surface area contributed by atoms with Crippen molar-refractivity contribution < 1.29 is 19.2 Å². The summed E-state index contributed by atoms with van der Waals surface area (Å²) in [6, 6.07) is 0. The van der Waals surface area contributed by atoms with E-state index in [-0.39, 0.29) is 4.81 Å². The lowest BCUT2D eigenvalue weighted by molar-refractivity contribution is -1.39. The summed E-state index contributed by atoms with van der Waals surface area (Å²) in [6.07, 6.45) is 0. The molecule has 0 aliphatic rings. The molecule has 0 saturated carbocycles. The van der Waals surface area contributed by atoms with E-state index in [4.69, 9.17) is 9.78 Å². The topological polar surface area (TPSA) is 21.7 Å². The molecule has 0 fully saturated rings. The van der Waals surface area contributed by atoms with Crippen LogP contribution in [-0.2, 0) is 9.78 Å². The van der Waals surface area contributed by atoms with Crippen LogP contribution in [0.15, 0.2) is 0 Å². The maximum atomic E-state index is 5.60. The molecule has 0 amide bonds. The molecule has 0 heterocycles. The van der Waals surface area contributed by atoms with Gasteiger partial charge in [-0.3, -0.25) is 4.90 Å². The Kier molecular flexibility index (Phi) is 4.28. The summed E-state index contributed by atoms with van der Waals surface area (Å²) in [6.45, 7) is 0.535. The van der Waals surface area contributed by atoms with Gasteiger partial charge in [0.25, 0.3) is 0 Å². The number of hydroxylamine groups is 7. The Morgan fingerprint density at radius 3 is 1.77 bits per heavy atom. The highest BCUT2D eigenvalue weighted by atomic mass is 17.1. The Balaban J connectivity index is 3.94. The molecule has 0 unspecified atom stereocenters. The SMILES string of the molecule is CN(C)CO[N+](C)(C)O[N+](C)(C)C. The van der Waals surface area contributed by atoms with Crippen molar-refractivity contribution in [3.63, 3.8) is 0 Å². The van der Waals surface area contributed by atoms with Gasteiger partial charge in [-0.15, -0.1) is 9.48 Å². The van der Waals surface area contributed by atoms with Crippen molar-refractivity contribution in [3.8, 4) is 0 Å². The van der Waals surface area contributed by atoms with Crippen LogP contribution >= 0.6 is 0 Å². The Labute approximate surface area is 81.1 Å². The number of hydrogen-bond acceptors (Lipinski definition) is 3. The number of nitrogens with zero attached hydrogens (tertiary/aromatic N) is 3. The molecule has 0 bridgehead atoms. The maximum Gasteiger partial charge on any atom is 0.163 e. The minimum atomic E-state index is 0.0850. The van der Waals surface area contributed by atoms with Crippen LogP contribution < -0.4 is 0 Å². The highest BCUT2D eigenvalue weighted by Gasteiger charge is 2.29. The number of quaternary nitrogens is 2. The van der Waals surface area contributed by atoms with E-state index in [0.29, 0.717) is 11.4 Å². The largest absolute Gasteiger partial charge is 0.282 e. The summed E-state index contributed by atoms with van der Waals surface area (Å²) in [5, 5.41) is 0. The lowest BCUT2D eigenvalue weighted by Crippen LogP contribution is -2.52. The van der Waals surface area contributed by atoms with E-state index in [1.54, 1.807) is 0 Å². The Bertz CT molecular complexity index is 152. The highest BCUT2D eigenvalue weighted by Crippen LogP contribution is 2.06. The van der Waals surface area contributed by atoms with Gasteiger partial charge in [0.15, 0.2) is 6.73 Å². The molecule has 0 aliphatic carbocycles. The van der Waals surface area contributed by atoms with Gasteiger partial charge >= 0.3 is 0 Å². The second-order valence-corrected chi connectivity index (χ2v) is 4.56. The van der Waals surface area contributed by atoms with E-state index in [1.807, 2.05) is 54.2 Å². The zero-order chi connectivity index (χ0) is 10.7. The van der Waals surface area contributed by atoms with Crippen LogP contribution in [0.3, 0.4) is 0 Å². The van der Waals surface area contributed by atoms with Gasteiger partial charge in [-0.25, -0.2) is 0 Å². The molecule has 0 rings (SSSR count). The predicted molar refractivity (Wildman–Crippen MR) is 50.9 cm³/mol. The third kappa shape index (κ3) is 8.14. The normalized spacial score (nSPS) is 13.8. The van der Waals surface area contributed by atoms with Crippen molar-refractivity contribution in [2.75, 3.05) is 56.1 Å². The highest BCUT2D eigenvalue weighted by molar-refractivity contribution is 4.19. The second-order valence-electron chi connectivity index (χ2n) is 4.56. The first kappa shape index (κ1) is 12.8. The van der Waals surface area contributed by atoms with Gasteiger partial charge in [-0.1, -0.05) is 0 Å². The summed E-state index contributed by atoms with van der Waals surface area (Å²) in [5.41, 5.74) is 0. The molecule has 80 valence electrons. The molecule has 5 nitrogen and oxygen atoms in total. The van der Waals surface area contributed by atoms with Crippen molar-refractivity contribution in [2.24, 2.45) is 0 Å². The zero-order valence-electron chi connectivity index (χ0n) is 9.87. The molecular weight excluding hydrogens is 170 g/mol. The smallest absolute Gasteiger partial charge is 0.163 e. The first-order chi connectivity index (χ1) is 5.62. The molecule has 0 N–H and O–H groups in total. The van der Waals surface area contributed by atoms with Gasteiger partial charge in [0.2, 0.25) is 0 Å². The first-order valence-electron chi connectivity index (χ1n) is 4.28. The minimum absolute atomic E-state index is 0.0850. The van der Waals surface area contributed by atoms with E-state index in [2.05, 4.69) is 0 Å². The van der Waals surface area contributed by atoms with Crippen LogP contribution in [0, 0.1) is 0 Å². The fourth-order valence-electron chi connectivity index (χ4n) is 0.868. The molecule has 0 radical (unpaired) electrons. The molecule has 13 heavy (non-hydrogen) atoms. The van der Waals surface area contributed by atoms with E-state index in [0.717, 1.165) is 0 Å². The van der Waals surface area contributed by atoms with Crippen molar-refractivity contribution in [3.05, 3.63) is 0 Å². The molecular formula is C8H23N3O2+2. The number of hydrogen-bond donors (Lipinski definition) is 0. The monoisotopic (exact) mass is 193 g/mol. The van der Waals surface area contributed by atoms with E-state index in [1.165, 1.54) is 0 Å². The van der Waals surface area contributed by atoms with Crippen LogP contribution in [0.5, 0.6) is 0 Å². The molecule has 0 spiro atoms. The van der Waals surface area contributed by atoms with Crippen molar-refractivity contribution in [1.29, 1.82) is 0 Å². The first-order valence-corrected chi connectivity index (χ1v) is 4.28. The summed E-state index contributed by atoms with van der Waals surface area (Å²) in [4.78, 5) is 13.1. The van der Waals surface area contributed by atoms with Gasteiger partial charge in [-0.05, 0) is 14.1 Å². The van der Waals surface area contributed by atoms with Crippen LogP contribution in [0.25, 0.3) is 0 Å². The van der Waals surface area contributed by atoms with E-state index in [9.17, 15) is 0 Å². The molecule has 0 aromatic carbocycles. The van der Waals surface area contributed by atoms with Crippen molar-refractivity contribution in [1.82, 2.24) is 4.90 Å². The maximum absolute atomic E-state index is 5.60. The minimum Gasteiger partial charge on any atom is -0.282 e. The van der Waals surface area contributed by atoms with Gasteiger partial charge in [0, 0.05) is 9.75 Å². The zero-order valence-corrected chi connectivity index (χ0v) is 9.87. The third-order valence-electron chi connectivity index (χ3n) is 1.07. The van der Waals surface area contributed by atoms with Gasteiger partial charge in [0.1, 0.15) is 35.2 Å². The Morgan fingerprint density at radius 1 is 1.00 bits per heavy atom. The third-order valence-corrected chi connectivity index (χ3v) is 1.07. The Hall–Kier alpha value is -0.200. The molecule has 0 atom stereocenters. The van der Waals surface area contributed by atoms with Crippen LogP contribution in [0.2, 0.25) is 0 Å². The van der Waals surface area contributed by atoms with E-state index < -0.39 is 0 Å². The van der Waals surface area contributed by atoms with Crippen LogP contribution in [-0.4, -0.2) is 70.4 Å². The molecule has 0 aromatic heterocycles. The second kappa shape index (κ2) is 4.34. The Morgan fingerprint density at radius 2 is 1.46 bits per heavy atom. The molecule has 0 aliphatic heterocycles. The quantitative estimate of drug-likeness (QED) is 0.350. The van der Waals surface area contributed by atoms with Crippen LogP contribution in [0.4, 0.5) is 0 Å². The summed E-state index contributed by atoms with van der Waals surface area (Å²) in [7, 11) is 13.4. The fraction of sp³-hybridized carbons (Fsp3) is 1.00. The lowest BCUT2D eigenvalue weighted by Gasteiger charge is -2.29. The molecule has 0 aromatic rings. The fourth-order valence-corrected chi connectivity index (χ4v) is 0.868. The van der Waals surface area contributed by atoms with Gasteiger partial charge in [-0.2, -0.15) is 0 Å². The summed E-state index contributed by atoms with van der Waals surface area (Å²) >= 11 is 0. The predicted octanol–water partition coefficient (Wildman–Crippen LogP) is 0.0663. The van der Waals surface area contributed by atoms with Crippen LogP contribution in [0.1, 0.15) is 0 Å². The van der Waals surface area contributed by atoms with E-state index >= 15 is 0 Å². The van der Waals surface area contributed by atoms with Crippen molar-refractivity contribution >= 4 is 0 Å². The van der Waals surface area contributed by atoms with Gasteiger partial charge < -0.3 is 0 Å². The van der Waals surface area contributed by atoms with Gasteiger partial charge in [0.05, 0.1) is 0 Å². The summed E-state index contributed by atoms with van der Waals surface area (Å²) < 4.78 is 0.403.